The minimum absolute atomic E-state index is 0.199. The fourth-order valence-corrected chi connectivity index (χ4v) is 3.34. The third kappa shape index (κ3) is 3.72. The molecule has 26 heavy (non-hydrogen) atoms. The first-order valence-electron chi connectivity index (χ1n) is 8.26. The van der Waals surface area contributed by atoms with Crippen LogP contribution in [0.25, 0.3) is 6.08 Å². The molecular formula is C20H17Cl2F3O. The zero-order valence-corrected chi connectivity index (χ0v) is 15.6. The van der Waals surface area contributed by atoms with E-state index in [-0.39, 0.29) is 12.2 Å². The van der Waals surface area contributed by atoms with Gasteiger partial charge in [-0.25, -0.2) is 0 Å². The number of hydrogen-bond acceptors (Lipinski definition) is 1. The van der Waals surface area contributed by atoms with E-state index in [1.807, 2.05) is 12.1 Å². The van der Waals surface area contributed by atoms with Crippen LogP contribution in [0, 0.1) is 0 Å². The highest BCUT2D eigenvalue weighted by Gasteiger charge is 2.55. The molecule has 0 radical (unpaired) electrons. The summed E-state index contributed by atoms with van der Waals surface area (Å²) in [7, 11) is 0. The zero-order valence-electron chi connectivity index (χ0n) is 14.0. The van der Waals surface area contributed by atoms with Gasteiger partial charge < -0.3 is 4.74 Å². The van der Waals surface area contributed by atoms with Crippen LogP contribution < -0.4 is 4.74 Å². The maximum atomic E-state index is 13.5. The molecule has 0 saturated heterocycles. The lowest BCUT2D eigenvalue weighted by Gasteiger charge is -2.36. The molecule has 0 fully saturated rings. The largest absolute Gasteiger partial charge is 0.473 e. The quantitative estimate of drug-likeness (QED) is 0.542. The molecule has 0 aromatic heterocycles. The molecule has 1 aliphatic heterocycles. The molecule has 0 N–H and O–H groups in total. The molecule has 1 atom stereocenters. The van der Waals surface area contributed by atoms with Crippen molar-refractivity contribution in [2.45, 2.75) is 38.0 Å². The monoisotopic (exact) mass is 400 g/mol. The number of rotatable bonds is 4. The van der Waals surface area contributed by atoms with Crippen molar-refractivity contribution in [3.8, 4) is 5.75 Å². The van der Waals surface area contributed by atoms with E-state index in [4.69, 9.17) is 27.9 Å². The predicted octanol–water partition coefficient (Wildman–Crippen LogP) is 6.90. The van der Waals surface area contributed by atoms with Gasteiger partial charge in [-0.15, -0.1) is 0 Å². The Bertz CT molecular complexity index is 828. The number of hydrogen-bond donors (Lipinski definition) is 0. The molecule has 0 bridgehead atoms. The second-order valence-electron chi connectivity index (χ2n) is 6.28. The Morgan fingerprint density at radius 3 is 2.35 bits per heavy atom. The van der Waals surface area contributed by atoms with E-state index in [0.29, 0.717) is 28.5 Å². The van der Waals surface area contributed by atoms with E-state index in [0.717, 1.165) is 17.2 Å². The highest BCUT2D eigenvalue weighted by molar-refractivity contribution is 6.31. The predicted molar refractivity (Wildman–Crippen MR) is 99.1 cm³/mol. The topological polar surface area (TPSA) is 9.23 Å². The Balaban J connectivity index is 1.85. The van der Waals surface area contributed by atoms with Crippen LogP contribution in [-0.2, 0) is 12.8 Å². The van der Waals surface area contributed by atoms with Crippen molar-refractivity contribution < 1.29 is 17.9 Å². The zero-order chi connectivity index (χ0) is 18.9. The van der Waals surface area contributed by atoms with Crippen LogP contribution in [-0.4, -0.2) is 11.8 Å². The number of benzene rings is 2. The Morgan fingerprint density at radius 2 is 1.73 bits per heavy atom. The Labute approximate surface area is 160 Å². The summed E-state index contributed by atoms with van der Waals surface area (Å²) in [4.78, 5) is 0. The third-order valence-electron chi connectivity index (χ3n) is 4.60. The van der Waals surface area contributed by atoms with Crippen LogP contribution in [0.3, 0.4) is 0 Å². The fourth-order valence-electron chi connectivity index (χ4n) is 2.95. The van der Waals surface area contributed by atoms with Crippen molar-refractivity contribution in [3.63, 3.8) is 0 Å². The van der Waals surface area contributed by atoms with Gasteiger partial charge in [0.1, 0.15) is 5.75 Å². The molecule has 0 aliphatic carbocycles. The standard InChI is InChI=1S/C20H17Cl2F3O/c1-2-19(20(23,24)25)10-9-15-11-17(22)14(12-18(15)26-19)6-3-13-4-7-16(21)8-5-13/h4-5,7-12H,2-3,6H2,1H3. The van der Waals surface area contributed by atoms with E-state index in [2.05, 4.69) is 0 Å². The average molecular weight is 401 g/mol. The summed E-state index contributed by atoms with van der Waals surface area (Å²) in [6, 6.07) is 10.7. The Hall–Kier alpha value is -1.65. The fraction of sp³-hybridized carbons (Fsp3) is 0.300. The lowest BCUT2D eigenvalue weighted by Crippen LogP contribution is -2.49. The van der Waals surface area contributed by atoms with Gasteiger partial charge in [0.2, 0.25) is 5.60 Å². The summed E-state index contributed by atoms with van der Waals surface area (Å²) < 4.78 is 45.8. The van der Waals surface area contributed by atoms with Crippen molar-refractivity contribution in [1.29, 1.82) is 0 Å². The van der Waals surface area contributed by atoms with Gasteiger partial charge in [0, 0.05) is 15.6 Å². The Morgan fingerprint density at radius 1 is 1.04 bits per heavy atom. The van der Waals surface area contributed by atoms with E-state index in [9.17, 15) is 13.2 Å². The van der Waals surface area contributed by atoms with Crippen molar-refractivity contribution in [3.05, 3.63) is 69.2 Å². The van der Waals surface area contributed by atoms with E-state index >= 15 is 0 Å². The molecule has 3 rings (SSSR count). The second kappa shape index (κ2) is 7.16. The smallest absolute Gasteiger partial charge is 0.432 e. The van der Waals surface area contributed by atoms with Crippen LogP contribution in [0.5, 0.6) is 5.75 Å². The van der Waals surface area contributed by atoms with Gasteiger partial charge in [0.05, 0.1) is 0 Å². The van der Waals surface area contributed by atoms with E-state index in [1.165, 1.54) is 13.0 Å². The van der Waals surface area contributed by atoms with Crippen LogP contribution in [0.15, 0.2) is 42.5 Å². The SMILES string of the molecule is CCC1(C(F)(F)F)C=Cc2cc(Cl)c(CCc3ccc(Cl)cc3)cc2O1. The molecule has 0 saturated carbocycles. The number of fused-ring (bicyclic) bond motifs is 1. The number of halogens is 5. The molecule has 1 aliphatic rings. The van der Waals surface area contributed by atoms with Crippen molar-refractivity contribution in [1.82, 2.24) is 0 Å². The average Bonchev–Trinajstić information content (AvgIpc) is 2.60. The second-order valence-corrected chi connectivity index (χ2v) is 7.13. The third-order valence-corrected chi connectivity index (χ3v) is 5.21. The lowest BCUT2D eigenvalue weighted by atomic mass is 9.93. The summed E-state index contributed by atoms with van der Waals surface area (Å²) in [5, 5.41) is 1.17. The number of alkyl halides is 3. The van der Waals surface area contributed by atoms with Crippen molar-refractivity contribution in [2.24, 2.45) is 0 Å². The van der Waals surface area contributed by atoms with Crippen LogP contribution in [0.4, 0.5) is 13.2 Å². The molecule has 1 unspecified atom stereocenters. The molecular weight excluding hydrogens is 384 g/mol. The summed E-state index contributed by atoms with van der Waals surface area (Å²) >= 11 is 12.2. The highest BCUT2D eigenvalue weighted by Crippen LogP contribution is 2.44. The number of aryl methyl sites for hydroxylation is 2. The van der Waals surface area contributed by atoms with Gasteiger partial charge in [0.15, 0.2) is 0 Å². The molecule has 0 amide bonds. The van der Waals surface area contributed by atoms with Crippen molar-refractivity contribution in [2.75, 3.05) is 0 Å². The minimum Gasteiger partial charge on any atom is -0.473 e. The Kier molecular flexibility index (Phi) is 5.27. The van der Waals surface area contributed by atoms with Gasteiger partial charge >= 0.3 is 6.18 Å². The summed E-state index contributed by atoms with van der Waals surface area (Å²) in [6.07, 6.45) is -0.895. The van der Waals surface area contributed by atoms with Gasteiger partial charge in [0.25, 0.3) is 0 Å². The van der Waals surface area contributed by atoms with Crippen LogP contribution in [0.2, 0.25) is 10.0 Å². The first-order valence-corrected chi connectivity index (χ1v) is 9.01. The summed E-state index contributed by atoms with van der Waals surface area (Å²) in [6.45, 7) is 1.46. The molecule has 2 aromatic rings. The van der Waals surface area contributed by atoms with Crippen LogP contribution >= 0.6 is 23.2 Å². The van der Waals surface area contributed by atoms with Gasteiger partial charge in [-0.2, -0.15) is 13.2 Å². The maximum absolute atomic E-state index is 13.5. The first-order chi connectivity index (χ1) is 12.2. The molecule has 1 heterocycles. The van der Waals surface area contributed by atoms with E-state index < -0.39 is 11.8 Å². The highest BCUT2D eigenvalue weighted by atomic mass is 35.5. The maximum Gasteiger partial charge on any atom is 0.432 e. The summed E-state index contributed by atoms with van der Waals surface area (Å²) in [5.41, 5.74) is 0.0879. The molecule has 6 heteroatoms. The lowest BCUT2D eigenvalue weighted by molar-refractivity contribution is -0.230. The van der Waals surface area contributed by atoms with Crippen LogP contribution in [0.1, 0.15) is 30.0 Å². The number of ether oxygens (including phenoxy) is 1. The first kappa shape index (κ1) is 19.1. The summed E-state index contributed by atoms with van der Waals surface area (Å²) in [5.74, 6) is 0.210. The van der Waals surface area contributed by atoms with E-state index in [1.54, 1.807) is 24.3 Å². The molecule has 2 aromatic carbocycles. The van der Waals surface area contributed by atoms with Gasteiger partial charge in [-0.05, 0) is 60.7 Å². The van der Waals surface area contributed by atoms with Gasteiger partial charge in [-0.1, -0.05) is 48.3 Å². The molecule has 138 valence electrons. The van der Waals surface area contributed by atoms with Crippen molar-refractivity contribution >= 4 is 29.3 Å². The van der Waals surface area contributed by atoms with Gasteiger partial charge in [-0.3, -0.25) is 0 Å². The molecule has 0 spiro atoms. The normalized spacial score (nSPS) is 19.2. The minimum atomic E-state index is -4.49. The molecule has 1 nitrogen and oxygen atoms in total.